The number of nitrogens with two attached hydrogens (primary N) is 2. The number of primary amides is 1. The fourth-order valence-electron chi connectivity index (χ4n) is 2.92. The molecule has 0 radical (unpaired) electrons. The number of amides is 1. The number of benzene rings is 2. The predicted octanol–water partition coefficient (Wildman–Crippen LogP) is 3.54. The molecule has 0 bridgehead atoms. The highest BCUT2D eigenvalue weighted by Gasteiger charge is 2.14. The van der Waals surface area contributed by atoms with Crippen molar-refractivity contribution in [2.75, 3.05) is 5.73 Å². The Morgan fingerprint density at radius 3 is 2.40 bits per heavy atom. The van der Waals surface area contributed by atoms with Gasteiger partial charge in [0.15, 0.2) is 0 Å². The first-order valence-corrected chi connectivity index (χ1v) is 7.81. The lowest BCUT2D eigenvalue weighted by molar-refractivity contribution is -0.113. The fourth-order valence-corrected chi connectivity index (χ4v) is 2.92. The fraction of sp³-hybridized carbons (Fsp3) is 0.158. The van der Waals surface area contributed by atoms with Gasteiger partial charge in [-0.1, -0.05) is 36.4 Å². The number of carbonyl (C=O) groups is 1. The van der Waals surface area contributed by atoms with Crippen LogP contribution in [-0.2, 0) is 4.79 Å². The number of halogens is 1. The molecular formula is C19H21ClN4O. The average molecular weight is 357 g/mol. The topological polar surface area (TPSA) is 86.9 Å². The molecule has 0 aliphatic carbocycles. The second kappa shape index (κ2) is 7.40. The van der Waals surface area contributed by atoms with Gasteiger partial charge < -0.3 is 16.0 Å². The Morgan fingerprint density at radius 1 is 1.12 bits per heavy atom. The number of fused-ring (bicyclic) bond motifs is 1. The molecule has 0 aliphatic heterocycles. The molecule has 1 heterocycles. The van der Waals surface area contributed by atoms with Crippen LogP contribution in [0.4, 0.5) is 5.95 Å². The Kier molecular flexibility index (Phi) is 5.49. The number of aromatic nitrogens is 2. The van der Waals surface area contributed by atoms with Crippen LogP contribution in [0.15, 0.2) is 54.6 Å². The lowest BCUT2D eigenvalue weighted by atomic mass is 9.97. The van der Waals surface area contributed by atoms with E-state index in [2.05, 4.69) is 18.8 Å². The van der Waals surface area contributed by atoms with E-state index in [9.17, 15) is 4.79 Å². The minimum Gasteiger partial charge on any atom is -0.369 e. The van der Waals surface area contributed by atoms with Crippen molar-refractivity contribution in [2.45, 2.75) is 19.9 Å². The van der Waals surface area contributed by atoms with Crippen molar-refractivity contribution < 1.29 is 4.79 Å². The monoisotopic (exact) mass is 356 g/mol. The number of hydrogen-bond donors (Lipinski definition) is 2. The third kappa shape index (κ3) is 3.67. The second-order valence-electron chi connectivity index (χ2n) is 5.96. The molecule has 5 nitrogen and oxygen atoms in total. The Labute approximate surface area is 152 Å². The summed E-state index contributed by atoms with van der Waals surface area (Å²) in [4.78, 5) is 15.9. The maximum absolute atomic E-state index is 11.5. The molecule has 130 valence electrons. The SMILES string of the molecule is CC(C)n1c(N)nc2ccc(C(=CC(N)=O)c3ccccc3)cc21.Cl. The van der Waals surface area contributed by atoms with Crippen molar-refractivity contribution in [3.63, 3.8) is 0 Å². The van der Waals surface area contributed by atoms with Crippen LogP contribution < -0.4 is 11.5 Å². The van der Waals surface area contributed by atoms with Crippen LogP contribution in [0.25, 0.3) is 16.6 Å². The van der Waals surface area contributed by atoms with E-state index < -0.39 is 5.91 Å². The number of hydrogen-bond acceptors (Lipinski definition) is 3. The molecule has 0 fully saturated rings. The van der Waals surface area contributed by atoms with Gasteiger partial charge >= 0.3 is 0 Å². The van der Waals surface area contributed by atoms with Crippen LogP contribution in [0.1, 0.15) is 31.0 Å². The summed E-state index contributed by atoms with van der Waals surface area (Å²) in [6.07, 6.45) is 1.45. The molecule has 3 aromatic rings. The van der Waals surface area contributed by atoms with Gasteiger partial charge in [-0.2, -0.15) is 0 Å². The Balaban J connectivity index is 0.00000225. The molecule has 25 heavy (non-hydrogen) atoms. The molecule has 1 amide bonds. The van der Waals surface area contributed by atoms with Crippen LogP contribution in [0.3, 0.4) is 0 Å². The highest BCUT2D eigenvalue weighted by Crippen LogP contribution is 2.29. The molecule has 0 saturated carbocycles. The summed E-state index contributed by atoms with van der Waals surface area (Å²) in [5.74, 6) is 0.00289. The van der Waals surface area contributed by atoms with Crippen LogP contribution in [-0.4, -0.2) is 15.5 Å². The number of nitrogens with zero attached hydrogens (tertiary/aromatic N) is 2. The average Bonchev–Trinajstić information content (AvgIpc) is 2.88. The standard InChI is InChI=1S/C19H20N4O.ClH/c1-12(2)23-17-10-14(8-9-16(17)22-19(23)21)15(11-18(20)24)13-6-4-3-5-7-13;/h3-12H,1-2H3,(H2,20,24)(H2,21,22);1H. The minimum atomic E-state index is -0.481. The summed E-state index contributed by atoms with van der Waals surface area (Å²) < 4.78 is 1.98. The largest absolute Gasteiger partial charge is 0.369 e. The zero-order chi connectivity index (χ0) is 17.3. The quantitative estimate of drug-likeness (QED) is 0.701. The van der Waals surface area contributed by atoms with E-state index in [1.165, 1.54) is 6.08 Å². The Bertz CT molecular complexity index is 929. The summed E-state index contributed by atoms with van der Waals surface area (Å²) in [5, 5.41) is 0. The summed E-state index contributed by atoms with van der Waals surface area (Å²) in [6, 6.07) is 15.7. The van der Waals surface area contributed by atoms with Crippen molar-refractivity contribution in [3.05, 3.63) is 65.7 Å². The van der Waals surface area contributed by atoms with Gasteiger partial charge in [-0.05, 0) is 42.7 Å². The summed E-state index contributed by atoms with van der Waals surface area (Å²) in [5.41, 5.74) is 15.8. The molecule has 0 atom stereocenters. The van der Waals surface area contributed by atoms with Crippen molar-refractivity contribution in [1.82, 2.24) is 9.55 Å². The number of rotatable bonds is 4. The zero-order valence-corrected chi connectivity index (χ0v) is 15.0. The van der Waals surface area contributed by atoms with Gasteiger partial charge in [0, 0.05) is 12.1 Å². The Hall–Kier alpha value is -2.79. The minimum absolute atomic E-state index is 0. The molecular weight excluding hydrogens is 336 g/mol. The normalized spacial score (nSPS) is 11.6. The van der Waals surface area contributed by atoms with E-state index in [1.807, 2.05) is 53.1 Å². The molecule has 0 spiro atoms. The first kappa shape index (κ1) is 18.5. The number of carbonyl (C=O) groups excluding carboxylic acids is 1. The molecule has 0 saturated heterocycles. The molecule has 4 N–H and O–H groups in total. The molecule has 0 aliphatic rings. The second-order valence-corrected chi connectivity index (χ2v) is 5.96. The predicted molar refractivity (Wildman–Crippen MR) is 104 cm³/mol. The van der Waals surface area contributed by atoms with Gasteiger partial charge in [0.2, 0.25) is 11.9 Å². The maximum atomic E-state index is 11.5. The molecule has 2 aromatic carbocycles. The van der Waals surface area contributed by atoms with Crippen LogP contribution >= 0.6 is 12.4 Å². The molecule has 1 aromatic heterocycles. The van der Waals surface area contributed by atoms with Crippen molar-refractivity contribution in [1.29, 1.82) is 0 Å². The van der Waals surface area contributed by atoms with Crippen molar-refractivity contribution >= 4 is 40.9 Å². The third-order valence-corrected chi connectivity index (χ3v) is 3.92. The molecule has 0 unspecified atom stereocenters. The number of imidazole rings is 1. The maximum Gasteiger partial charge on any atom is 0.242 e. The third-order valence-electron chi connectivity index (χ3n) is 3.92. The van der Waals surface area contributed by atoms with E-state index in [0.29, 0.717) is 5.95 Å². The molecule has 6 heteroatoms. The van der Waals surface area contributed by atoms with Crippen LogP contribution in [0.2, 0.25) is 0 Å². The zero-order valence-electron chi connectivity index (χ0n) is 14.1. The highest BCUT2D eigenvalue weighted by molar-refractivity contribution is 5.99. The lowest BCUT2D eigenvalue weighted by Crippen LogP contribution is -2.08. The van der Waals surface area contributed by atoms with Crippen molar-refractivity contribution in [3.8, 4) is 0 Å². The van der Waals surface area contributed by atoms with Gasteiger partial charge in [0.25, 0.3) is 0 Å². The number of anilines is 1. The Morgan fingerprint density at radius 2 is 1.80 bits per heavy atom. The van der Waals surface area contributed by atoms with Crippen LogP contribution in [0.5, 0.6) is 0 Å². The summed E-state index contributed by atoms with van der Waals surface area (Å²) in [7, 11) is 0. The van der Waals surface area contributed by atoms with E-state index in [1.54, 1.807) is 0 Å². The van der Waals surface area contributed by atoms with Crippen molar-refractivity contribution in [2.24, 2.45) is 5.73 Å². The van der Waals surface area contributed by atoms with Gasteiger partial charge in [-0.3, -0.25) is 4.79 Å². The van der Waals surface area contributed by atoms with Gasteiger partial charge in [-0.15, -0.1) is 12.4 Å². The van der Waals surface area contributed by atoms with E-state index in [-0.39, 0.29) is 18.4 Å². The van der Waals surface area contributed by atoms with Gasteiger partial charge in [0.05, 0.1) is 11.0 Å². The first-order valence-electron chi connectivity index (χ1n) is 7.81. The van der Waals surface area contributed by atoms with E-state index in [0.717, 1.165) is 27.7 Å². The highest BCUT2D eigenvalue weighted by atomic mass is 35.5. The van der Waals surface area contributed by atoms with Crippen LogP contribution in [0, 0.1) is 0 Å². The molecule has 3 rings (SSSR count). The number of nitrogen functional groups attached to an aromatic ring is 1. The van der Waals surface area contributed by atoms with E-state index in [4.69, 9.17) is 11.5 Å². The smallest absolute Gasteiger partial charge is 0.242 e. The van der Waals surface area contributed by atoms with E-state index >= 15 is 0 Å². The van der Waals surface area contributed by atoms with Gasteiger partial charge in [0.1, 0.15) is 0 Å². The summed E-state index contributed by atoms with van der Waals surface area (Å²) >= 11 is 0. The lowest BCUT2D eigenvalue weighted by Gasteiger charge is -2.12. The van der Waals surface area contributed by atoms with Gasteiger partial charge in [-0.25, -0.2) is 4.98 Å². The summed E-state index contributed by atoms with van der Waals surface area (Å²) in [6.45, 7) is 4.11. The first-order chi connectivity index (χ1) is 11.5.